The van der Waals surface area contributed by atoms with Crippen LogP contribution in [0.25, 0.3) is 0 Å². The van der Waals surface area contributed by atoms with Crippen LogP contribution in [0.5, 0.6) is 0 Å². The number of nitrogens with one attached hydrogen (secondary N) is 2. The van der Waals surface area contributed by atoms with Crippen LogP contribution in [0.4, 0.5) is 5.69 Å². The number of hydrogen-bond acceptors (Lipinski definition) is 3. The minimum Gasteiger partial charge on any atom is -0.347 e. The molecule has 0 spiro atoms. The number of nitrogens with two attached hydrogens (primary N) is 1. The van der Waals surface area contributed by atoms with E-state index in [0.717, 1.165) is 11.1 Å². The van der Waals surface area contributed by atoms with Gasteiger partial charge in [-0.1, -0.05) is 53.5 Å². The second-order valence-electron chi connectivity index (χ2n) is 9.31. The molecule has 1 heterocycles. The van der Waals surface area contributed by atoms with Gasteiger partial charge in [-0.3, -0.25) is 9.59 Å². The van der Waals surface area contributed by atoms with Crippen LogP contribution in [-0.4, -0.2) is 17.4 Å². The smallest absolute Gasteiger partial charge is 0.253 e. The summed E-state index contributed by atoms with van der Waals surface area (Å²) in [6.45, 7) is 5.81. The molecular formula is C26H25Cl2N3O2. The van der Waals surface area contributed by atoms with Gasteiger partial charge in [0, 0.05) is 32.3 Å². The number of amides is 2. The number of benzene rings is 3. The van der Waals surface area contributed by atoms with Gasteiger partial charge in [-0.2, -0.15) is 0 Å². The minimum absolute atomic E-state index is 0.127. The number of anilines is 1. The Morgan fingerprint density at radius 1 is 1.03 bits per heavy atom. The van der Waals surface area contributed by atoms with Crippen LogP contribution in [-0.2, 0) is 16.8 Å². The molecule has 1 unspecified atom stereocenters. The molecule has 5 nitrogen and oxygen atoms in total. The summed E-state index contributed by atoms with van der Waals surface area (Å²) in [5, 5.41) is 6.78. The van der Waals surface area contributed by atoms with E-state index in [-0.39, 0.29) is 17.4 Å². The second kappa shape index (κ2) is 8.49. The Bertz CT molecular complexity index is 1250. The van der Waals surface area contributed by atoms with E-state index in [4.69, 9.17) is 28.9 Å². The zero-order chi connectivity index (χ0) is 24.0. The van der Waals surface area contributed by atoms with Crippen LogP contribution in [0, 0.1) is 0 Å². The summed E-state index contributed by atoms with van der Waals surface area (Å²) in [6.07, 6.45) is 0.503. The van der Waals surface area contributed by atoms with Crippen molar-refractivity contribution in [1.82, 2.24) is 5.32 Å². The third kappa shape index (κ3) is 4.49. The van der Waals surface area contributed by atoms with Gasteiger partial charge in [-0.25, -0.2) is 0 Å². The molecule has 33 heavy (non-hydrogen) atoms. The van der Waals surface area contributed by atoms with Crippen molar-refractivity contribution in [2.45, 2.75) is 38.3 Å². The lowest BCUT2D eigenvalue weighted by Gasteiger charge is -2.24. The summed E-state index contributed by atoms with van der Waals surface area (Å²) in [5.74, 6) is -0.485. The van der Waals surface area contributed by atoms with Gasteiger partial charge in [0.1, 0.15) is 0 Å². The van der Waals surface area contributed by atoms with Crippen LogP contribution in [0.1, 0.15) is 53.4 Å². The first-order valence-corrected chi connectivity index (χ1v) is 11.3. The lowest BCUT2D eigenvalue weighted by Crippen LogP contribution is -2.44. The fraction of sp³-hybridized carbons (Fsp3) is 0.231. The molecule has 0 saturated heterocycles. The molecule has 0 radical (unpaired) electrons. The Morgan fingerprint density at radius 2 is 1.70 bits per heavy atom. The summed E-state index contributed by atoms with van der Waals surface area (Å²) in [6, 6.07) is 17.9. The van der Waals surface area contributed by atoms with Crippen molar-refractivity contribution in [2.24, 2.45) is 5.73 Å². The first-order chi connectivity index (χ1) is 15.5. The van der Waals surface area contributed by atoms with Crippen molar-refractivity contribution in [3.05, 3.63) is 98.5 Å². The molecule has 7 heteroatoms. The summed E-state index contributed by atoms with van der Waals surface area (Å²) >= 11 is 12.8. The van der Waals surface area contributed by atoms with E-state index < -0.39 is 5.54 Å². The van der Waals surface area contributed by atoms with Crippen LogP contribution in [0.2, 0.25) is 10.0 Å². The molecule has 0 bridgehead atoms. The van der Waals surface area contributed by atoms with Crippen molar-refractivity contribution in [3.63, 3.8) is 0 Å². The van der Waals surface area contributed by atoms with E-state index in [0.29, 0.717) is 38.8 Å². The Balaban J connectivity index is 1.68. The fourth-order valence-corrected chi connectivity index (χ4v) is 4.58. The molecule has 4 N–H and O–H groups in total. The zero-order valence-electron chi connectivity index (χ0n) is 18.6. The first-order valence-electron chi connectivity index (χ1n) is 10.6. The van der Waals surface area contributed by atoms with Gasteiger partial charge in [-0.05, 0) is 68.7 Å². The van der Waals surface area contributed by atoms with Gasteiger partial charge in [0.05, 0.1) is 5.69 Å². The Labute approximate surface area is 203 Å². The molecular weight excluding hydrogens is 457 g/mol. The summed E-state index contributed by atoms with van der Waals surface area (Å²) < 4.78 is 0. The van der Waals surface area contributed by atoms with Crippen molar-refractivity contribution >= 4 is 40.7 Å². The second-order valence-corrected chi connectivity index (χ2v) is 10.2. The van der Waals surface area contributed by atoms with Crippen molar-refractivity contribution in [3.8, 4) is 0 Å². The predicted octanol–water partition coefficient (Wildman–Crippen LogP) is 5.27. The topological polar surface area (TPSA) is 84.2 Å². The Kier molecular flexibility index (Phi) is 5.99. The quantitative estimate of drug-likeness (QED) is 0.474. The molecule has 1 aliphatic heterocycles. The highest BCUT2D eigenvalue weighted by atomic mass is 35.5. The standard InChI is InChI=1S/C26H25Cl2N3O2/c1-25(2,3)31-23(32)16-10-8-15(9-11-16)12-17-13-18(27)14-20-22(17)30-24(33)26(20,29)19-6-4-5-7-21(19)28/h4-11,13-14H,12,29H2,1-3H3,(H,30,33)(H,31,32). The average molecular weight is 482 g/mol. The lowest BCUT2D eigenvalue weighted by molar-refractivity contribution is -0.119. The molecule has 2 amide bonds. The van der Waals surface area contributed by atoms with E-state index >= 15 is 0 Å². The van der Waals surface area contributed by atoms with E-state index in [1.807, 2.05) is 39.0 Å². The summed E-state index contributed by atoms with van der Waals surface area (Å²) in [7, 11) is 0. The van der Waals surface area contributed by atoms with Crippen molar-refractivity contribution in [2.75, 3.05) is 5.32 Å². The normalized spacial score (nSPS) is 17.5. The number of rotatable bonds is 4. The highest BCUT2D eigenvalue weighted by molar-refractivity contribution is 6.32. The fourth-order valence-electron chi connectivity index (χ4n) is 4.05. The van der Waals surface area contributed by atoms with E-state index in [2.05, 4.69) is 10.6 Å². The maximum Gasteiger partial charge on any atom is 0.253 e. The largest absolute Gasteiger partial charge is 0.347 e. The zero-order valence-corrected chi connectivity index (χ0v) is 20.1. The molecule has 170 valence electrons. The first kappa shape index (κ1) is 23.3. The van der Waals surface area contributed by atoms with Crippen molar-refractivity contribution < 1.29 is 9.59 Å². The molecule has 3 aromatic rings. The van der Waals surface area contributed by atoms with Crippen LogP contribution >= 0.6 is 23.2 Å². The highest BCUT2D eigenvalue weighted by Crippen LogP contribution is 2.44. The molecule has 3 aromatic carbocycles. The number of halogens is 2. The van der Waals surface area contributed by atoms with Gasteiger partial charge in [0.15, 0.2) is 5.54 Å². The van der Waals surface area contributed by atoms with E-state index in [1.165, 1.54) is 0 Å². The van der Waals surface area contributed by atoms with Crippen LogP contribution in [0.3, 0.4) is 0 Å². The molecule has 4 rings (SSSR count). The minimum atomic E-state index is -1.44. The monoisotopic (exact) mass is 481 g/mol. The lowest BCUT2D eigenvalue weighted by atomic mass is 9.84. The highest BCUT2D eigenvalue weighted by Gasteiger charge is 2.47. The number of hydrogen-bond donors (Lipinski definition) is 3. The number of fused-ring (bicyclic) bond motifs is 1. The maximum absolute atomic E-state index is 13.1. The number of carbonyl (C=O) groups excluding carboxylic acids is 2. The molecule has 1 atom stereocenters. The van der Waals surface area contributed by atoms with Gasteiger partial charge in [0.25, 0.3) is 11.8 Å². The number of carbonyl (C=O) groups is 2. The molecule has 0 saturated carbocycles. The van der Waals surface area contributed by atoms with Gasteiger partial charge >= 0.3 is 0 Å². The third-order valence-corrected chi connectivity index (χ3v) is 6.15. The van der Waals surface area contributed by atoms with Gasteiger partial charge < -0.3 is 16.4 Å². The molecule has 0 aliphatic carbocycles. The summed E-state index contributed by atoms with van der Waals surface area (Å²) in [4.78, 5) is 25.5. The average Bonchev–Trinajstić information content (AvgIpc) is 2.99. The summed E-state index contributed by atoms with van der Waals surface area (Å²) in [5.41, 5.74) is 9.04. The third-order valence-electron chi connectivity index (χ3n) is 5.60. The molecule has 0 fully saturated rings. The van der Waals surface area contributed by atoms with Gasteiger partial charge in [0.2, 0.25) is 0 Å². The maximum atomic E-state index is 13.1. The van der Waals surface area contributed by atoms with Crippen LogP contribution < -0.4 is 16.4 Å². The predicted molar refractivity (Wildman–Crippen MR) is 133 cm³/mol. The van der Waals surface area contributed by atoms with Crippen LogP contribution in [0.15, 0.2) is 60.7 Å². The van der Waals surface area contributed by atoms with E-state index in [9.17, 15) is 9.59 Å². The van der Waals surface area contributed by atoms with E-state index in [1.54, 1.807) is 42.5 Å². The van der Waals surface area contributed by atoms with Gasteiger partial charge in [-0.15, -0.1) is 0 Å². The SMILES string of the molecule is CC(C)(C)NC(=O)c1ccc(Cc2cc(Cl)cc3c2NC(=O)C3(N)c2ccccc2Cl)cc1. The van der Waals surface area contributed by atoms with Crippen molar-refractivity contribution in [1.29, 1.82) is 0 Å². The molecule has 1 aliphatic rings. The Hall–Kier alpha value is -2.86. The Morgan fingerprint density at radius 3 is 2.33 bits per heavy atom. The molecule has 0 aromatic heterocycles.